The number of anilines is 4. The zero-order valence-corrected chi connectivity index (χ0v) is 22.1. The summed E-state index contributed by atoms with van der Waals surface area (Å²) in [7, 11) is 0. The first kappa shape index (κ1) is 26.8. The molecule has 0 atom stereocenters. The molecular formula is C29H22F3N5O2S. The Morgan fingerprint density at radius 3 is 2.38 bits per heavy atom. The number of thiazole rings is 1. The van der Waals surface area contributed by atoms with E-state index in [1.54, 1.807) is 49.5 Å². The zero-order valence-electron chi connectivity index (χ0n) is 21.3. The molecule has 3 aromatic carbocycles. The molecule has 11 heteroatoms. The molecule has 0 fully saturated rings. The minimum Gasteiger partial charge on any atom is -0.322 e. The van der Waals surface area contributed by atoms with Gasteiger partial charge in [0.25, 0.3) is 11.8 Å². The van der Waals surface area contributed by atoms with Crippen molar-refractivity contribution in [3.63, 3.8) is 0 Å². The topological polar surface area (TPSA) is 96.0 Å². The average Bonchev–Trinajstić information content (AvgIpc) is 3.33. The summed E-state index contributed by atoms with van der Waals surface area (Å²) in [6, 6.07) is 18.0. The maximum Gasteiger partial charge on any atom is 0.416 e. The zero-order chi connectivity index (χ0) is 28.4. The lowest BCUT2D eigenvalue weighted by Gasteiger charge is -2.13. The first-order valence-electron chi connectivity index (χ1n) is 12.1. The highest BCUT2D eigenvalue weighted by Gasteiger charge is 2.31. The molecule has 0 saturated carbocycles. The summed E-state index contributed by atoms with van der Waals surface area (Å²) in [5, 5.41) is 9.29. The van der Waals surface area contributed by atoms with Crippen LogP contribution in [0.2, 0.25) is 0 Å². The minimum absolute atomic E-state index is 0.133. The quantitative estimate of drug-likeness (QED) is 0.199. The van der Waals surface area contributed by atoms with Gasteiger partial charge < -0.3 is 16.0 Å². The Bertz CT molecular complexity index is 1750. The van der Waals surface area contributed by atoms with E-state index in [-0.39, 0.29) is 11.5 Å². The van der Waals surface area contributed by atoms with Crippen molar-refractivity contribution in [2.75, 3.05) is 16.0 Å². The molecule has 0 radical (unpaired) electrons. The van der Waals surface area contributed by atoms with Crippen LogP contribution < -0.4 is 16.0 Å². The molecule has 2 aromatic heterocycles. The van der Waals surface area contributed by atoms with Crippen molar-refractivity contribution < 1.29 is 22.8 Å². The van der Waals surface area contributed by atoms with Crippen LogP contribution in [0.1, 0.15) is 37.4 Å². The number of alkyl halides is 3. The van der Waals surface area contributed by atoms with Gasteiger partial charge in [0, 0.05) is 28.7 Å². The number of hydrogen-bond donors (Lipinski definition) is 3. The van der Waals surface area contributed by atoms with Crippen molar-refractivity contribution in [1.29, 1.82) is 0 Å². The van der Waals surface area contributed by atoms with Gasteiger partial charge in [0.15, 0.2) is 5.13 Å². The number of carbonyl (C=O) groups is 2. The lowest BCUT2D eigenvalue weighted by atomic mass is 10.1. The van der Waals surface area contributed by atoms with Crippen LogP contribution in [-0.2, 0) is 6.18 Å². The highest BCUT2D eigenvalue weighted by Crippen LogP contribution is 2.31. The number of rotatable bonds is 6. The lowest BCUT2D eigenvalue weighted by Crippen LogP contribution is -2.15. The fraction of sp³-hybridized carbons (Fsp3) is 0.103. The van der Waals surface area contributed by atoms with Crippen LogP contribution in [-0.4, -0.2) is 21.8 Å². The summed E-state index contributed by atoms with van der Waals surface area (Å²) in [5.41, 5.74) is 2.58. The molecule has 0 bridgehead atoms. The van der Waals surface area contributed by atoms with Crippen molar-refractivity contribution in [3.05, 3.63) is 107 Å². The normalized spacial score (nSPS) is 11.3. The number of fused-ring (bicyclic) bond motifs is 1. The van der Waals surface area contributed by atoms with Gasteiger partial charge in [0.1, 0.15) is 5.82 Å². The number of carbonyl (C=O) groups excluding carboxylic acids is 2. The second kappa shape index (κ2) is 10.8. The molecule has 5 rings (SSSR count). The molecule has 2 heterocycles. The average molecular weight is 562 g/mol. The molecule has 0 saturated heterocycles. The molecule has 0 spiro atoms. The molecule has 5 aromatic rings. The van der Waals surface area contributed by atoms with E-state index in [9.17, 15) is 22.8 Å². The fourth-order valence-electron chi connectivity index (χ4n) is 3.91. The number of hydrogen-bond acceptors (Lipinski definition) is 6. The summed E-state index contributed by atoms with van der Waals surface area (Å²) < 4.78 is 39.9. The smallest absolute Gasteiger partial charge is 0.322 e. The van der Waals surface area contributed by atoms with Crippen molar-refractivity contribution in [3.8, 4) is 0 Å². The van der Waals surface area contributed by atoms with Gasteiger partial charge in [-0.2, -0.15) is 13.2 Å². The third-order valence-corrected chi connectivity index (χ3v) is 7.01. The van der Waals surface area contributed by atoms with Gasteiger partial charge in [-0.15, -0.1) is 0 Å². The standard InChI is InChI=1S/C29H22F3N5O2S/c1-16-8-10-21(34-26(38)18-6-3-7-20(13-18)29(30,31)32)15-23(16)35-27(39)19-9-11-22-24(14-19)40-28(36-22)37-25-17(2)5-4-12-33-25/h3-15H,1-2H3,(H,34,38)(H,35,39)(H,33,36,37). The third-order valence-electron chi connectivity index (χ3n) is 6.08. The van der Waals surface area contributed by atoms with Gasteiger partial charge in [-0.1, -0.05) is 29.5 Å². The van der Waals surface area contributed by atoms with Crippen LogP contribution in [0, 0.1) is 13.8 Å². The van der Waals surface area contributed by atoms with Gasteiger partial charge in [0.2, 0.25) is 0 Å². The van der Waals surface area contributed by atoms with Crippen molar-refractivity contribution in [2.45, 2.75) is 20.0 Å². The number of nitrogens with one attached hydrogen (secondary N) is 3. The van der Waals surface area contributed by atoms with Crippen molar-refractivity contribution in [1.82, 2.24) is 9.97 Å². The Labute approximate surface area is 231 Å². The minimum atomic E-state index is -4.56. The highest BCUT2D eigenvalue weighted by atomic mass is 32.1. The van der Waals surface area contributed by atoms with Gasteiger partial charge >= 0.3 is 6.18 Å². The molecule has 0 aliphatic carbocycles. The SMILES string of the molecule is Cc1ccc(NC(=O)c2cccc(C(F)(F)F)c2)cc1NC(=O)c1ccc2nc(Nc3ncccc3C)sc2c1. The number of aromatic nitrogens is 2. The third kappa shape index (κ3) is 5.94. The van der Waals surface area contributed by atoms with Crippen molar-refractivity contribution >= 4 is 55.7 Å². The number of pyridine rings is 1. The predicted octanol–water partition coefficient (Wildman–Crippen LogP) is 7.58. The molecule has 0 unspecified atom stereocenters. The number of amides is 2. The largest absolute Gasteiger partial charge is 0.416 e. The molecule has 40 heavy (non-hydrogen) atoms. The Balaban J connectivity index is 1.31. The lowest BCUT2D eigenvalue weighted by molar-refractivity contribution is -0.137. The van der Waals surface area contributed by atoms with Gasteiger partial charge in [-0.25, -0.2) is 9.97 Å². The summed E-state index contributed by atoms with van der Waals surface area (Å²) in [4.78, 5) is 34.6. The first-order valence-corrected chi connectivity index (χ1v) is 12.9. The van der Waals surface area contributed by atoms with Crippen LogP contribution in [0.5, 0.6) is 0 Å². The maximum absolute atomic E-state index is 13.1. The van der Waals surface area contributed by atoms with Gasteiger partial charge in [0.05, 0.1) is 15.8 Å². The molecule has 0 aliphatic rings. The summed E-state index contributed by atoms with van der Waals surface area (Å²) >= 11 is 1.39. The van der Waals surface area contributed by atoms with E-state index in [0.29, 0.717) is 27.9 Å². The van der Waals surface area contributed by atoms with E-state index in [2.05, 4.69) is 25.9 Å². The summed E-state index contributed by atoms with van der Waals surface area (Å²) in [5.74, 6) is -0.363. The first-order chi connectivity index (χ1) is 19.1. The highest BCUT2D eigenvalue weighted by molar-refractivity contribution is 7.22. The van der Waals surface area contributed by atoms with E-state index in [1.165, 1.54) is 23.5 Å². The summed E-state index contributed by atoms with van der Waals surface area (Å²) in [6.07, 6.45) is -2.87. The fourth-order valence-corrected chi connectivity index (χ4v) is 4.81. The molecular weight excluding hydrogens is 539 g/mol. The number of halogens is 3. The van der Waals surface area contributed by atoms with Crippen LogP contribution in [0.15, 0.2) is 79.0 Å². The number of aryl methyl sites for hydroxylation is 2. The Morgan fingerprint density at radius 2 is 1.60 bits per heavy atom. The Hall–Kier alpha value is -4.77. The molecule has 2 amide bonds. The second-order valence-electron chi connectivity index (χ2n) is 9.01. The van der Waals surface area contributed by atoms with Crippen molar-refractivity contribution in [2.24, 2.45) is 0 Å². The van der Waals surface area contributed by atoms with E-state index < -0.39 is 17.6 Å². The van der Waals surface area contributed by atoms with E-state index in [1.807, 2.05) is 19.1 Å². The number of benzene rings is 3. The van der Waals surface area contributed by atoms with Crippen LogP contribution in [0.4, 0.5) is 35.5 Å². The second-order valence-corrected chi connectivity index (χ2v) is 10.0. The predicted molar refractivity (Wildman–Crippen MR) is 150 cm³/mol. The van der Waals surface area contributed by atoms with Crippen LogP contribution >= 0.6 is 11.3 Å². The Kier molecular flexibility index (Phi) is 7.22. The van der Waals surface area contributed by atoms with E-state index >= 15 is 0 Å². The van der Waals surface area contributed by atoms with Gasteiger partial charge in [-0.3, -0.25) is 9.59 Å². The molecule has 0 aliphatic heterocycles. The van der Waals surface area contributed by atoms with Crippen LogP contribution in [0.3, 0.4) is 0 Å². The molecule has 202 valence electrons. The Morgan fingerprint density at radius 1 is 0.825 bits per heavy atom. The monoisotopic (exact) mass is 561 g/mol. The molecule has 7 nitrogen and oxygen atoms in total. The maximum atomic E-state index is 13.1. The summed E-state index contributed by atoms with van der Waals surface area (Å²) in [6.45, 7) is 3.73. The van der Waals surface area contributed by atoms with Crippen LogP contribution in [0.25, 0.3) is 10.2 Å². The van der Waals surface area contributed by atoms with E-state index in [4.69, 9.17) is 0 Å². The van der Waals surface area contributed by atoms with Gasteiger partial charge in [-0.05, 0) is 79.6 Å². The number of nitrogens with zero attached hydrogens (tertiary/aromatic N) is 2. The van der Waals surface area contributed by atoms with E-state index in [0.717, 1.165) is 33.5 Å². The molecule has 3 N–H and O–H groups in total.